The van der Waals surface area contributed by atoms with Crippen molar-refractivity contribution < 1.29 is 4.74 Å². The first kappa shape index (κ1) is 20.2. The van der Waals surface area contributed by atoms with Crippen LogP contribution in [0.25, 0.3) is 16.9 Å². The molecule has 0 spiro atoms. The minimum Gasteiger partial charge on any atom is -0.378 e. The smallest absolute Gasteiger partial charge is 0.160 e. The Labute approximate surface area is 187 Å². The molecule has 5 rings (SSSR count). The SMILES string of the molecule is Cc1ccc(-c2cc3nc(N/N=C/c4cccc(C)c4)cc(N4CCOCC4)n3n2)cc1. The van der Waals surface area contributed by atoms with Crippen LogP contribution in [0.5, 0.6) is 0 Å². The lowest BCUT2D eigenvalue weighted by Gasteiger charge is -2.29. The Morgan fingerprint density at radius 3 is 2.56 bits per heavy atom. The van der Waals surface area contributed by atoms with E-state index in [1.807, 2.05) is 28.8 Å². The molecule has 0 saturated carbocycles. The van der Waals surface area contributed by atoms with Gasteiger partial charge in [-0.05, 0) is 19.4 Å². The number of fused-ring (bicyclic) bond motifs is 1. The maximum atomic E-state index is 5.55. The van der Waals surface area contributed by atoms with Crippen LogP contribution in [0.3, 0.4) is 0 Å². The fraction of sp³-hybridized carbons (Fsp3) is 0.240. The summed E-state index contributed by atoms with van der Waals surface area (Å²) in [5.41, 5.74) is 9.31. The highest BCUT2D eigenvalue weighted by atomic mass is 16.5. The highest BCUT2D eigenvalue weighted by Gasteiger charge is 2.18. The van der Waals surface area contributed by atoms with Crippen molar-refractivity contribution in [3.8, 4) is 11.3 Å². The summed E-state index contributed by atoms with van der Waals surface area (Å²) < 4.78 is 7.46. The fourth-order valence-electron chi connectivity index (χ4n) is 3.82. The van der Waals surface area contributed by atoms with E-state index < -0.39 is 0 Å². The van der Waals surface area contributed by atoms with Crippen LogP contribution in [0.2, 0.25) is 0 Å². The molecule has 4 aromatic rings. The Bertz CT molecular complexity index is 1260. The van der Waals surface area contributed by atoms with Crippen molar-refractivity contribution in [1.29, 1.82) is 0 Å². The van der Waals surface area contributed by atoms with E-state index in [9.17, 15) is 0 Å². The molecule has 2 aromatic heterocycles. The number of ether oxygens (including phenoxy) is 1. The number of aromatic nitrogens is 3. The maximum Gasteiger partial charge on any atom is 0.160 e. The van der Waals surface area contributed by atoms with Gasteiger partial charge in [0.1, 0.15) is 5.82 Å². The average Bonchev–Trinajstić information content (AvgIpc) is 3.24. The molecule has 3 heterocycles. The maximum absolute atomic E-state index is 5.55. The molecule has 162 valence electrons. The Kier molecular flexibility index (Phi) is 5.56. The van der Waals surface area contributed by atoms with Crippen LogP contribution in [-0.2, 0) is 4.74 Å². The van der Waals surface area contributed by atoms with Crippen molar-refractivity contribution >= 4 is 23.5 Å². The number of rotatable bonds is 5. The van der Waals surface area contributed by atoms with E-state index in [2.05, 4.69) is 65.7 Å². The molecule has 2 aromatic carbocycles. The van der Waals surface area contributed by atoms with Gasteiger partial charge in [-0.2, -0.15) is 14.7 Å². The van der Waals surface area contributed by atoms with Gasteiger partial charge < -0.3 is 9.64 Å². The third-order valence-corrected chi connectivity index (χ3v) is 5.53. The minimum absolute atomic E-state index is 0.679. The molecule has 0 atom stereocenters. The number of benzene rings is 2. The number of anilines is 2. The second-order valence-corrected chi connectivity index (χ2v) is 8.05. The summed E-state index contributed by atoms with van der Waals surface area (Å²) >= 11 is 0. The molecule has 7 nitrogen and oxygen atoms in total. The molecule has 1 saturated heterocycles. The van der Waals surface area contributed by atoms with Gasteiger partial charge in [0, 0.05) is 30.8 Å². The summed E-state index contributed by atoms with van der Waals surface area (Å²) in [5.74, 6) is 1.66. The Morgan fingerprint density at radius 1 is 0.969 bits per heavy atom. The van der Waals surface area contributed by atoms with E-state index in [0.29, 0.717) is 19.0 Å². The molecule has 0 amide bonds. The first-order valence-electron chi connectivity index (χ1n) is 10.8. The molecule has 32 heavy (non-hydrogen) atoms. The van der Waals surface area contributed by atoms with Crippen molar-refractivity contribution in [3.05, 3.63) is 77.4 Å². The third-order valence-electron chi connectivity index (χ3n) is 5.53. The van der Waals surface area contributed by atoms with Crippen LogP contribution in [0.15, 0.2) is 65.8 Å². The molecule has 0 aliphatic carbocycles. The molecule has 0 radical (unpaired) electrons. The monoisotopic (exact) mass is 426 g/mol. The summed E-state index contributed by atoms with van der Waals surface area (Å²) in [6.45, 7) is 7.17. The van der Waals surface area contributed by atoms with Gasteiger partial charge in [-0.25, -0.2) is 4.98 Å². The summed E-state index contributed by atoms with van der Waals surface area (Å²) in [6, 6.07) is 20.6. The fourth-order valence-corrected chi connectivity index (χ4v) is 3.82. The van der Waals surface area contributed by atoms with E-state index in [1.54, 1.807) is 6.21 Å². The number of hydrogen-bond acceptors (Lipinski definition) is 6. The molecule has 0 bridgehead atoms. The van der Waals surface area contributed by atoms with Crippen LogP contribution in [-0.4, -0.2) is 47.1 Å². The lowest BCUT2D eigenvalue weighted by atomic mass is 10.1. The van der Waals surface area contributed by atoms with E-state index in [0.717, 1.165) is 41.4 Å². The van der Waals surface area contributed by atoms with Crippen molar-refractivity contribution in [2.75, 3.05) is 36.6 Å². The Hall–Kier alpha value is -3.71. The summed E-state index contributed by atoms with van der Waals surface area (Å²) in [5, 5.41) is 9.28. The van der Waals surface area contributed by atoms with Gasteiger partial charge in [-0.1, -0.05) is 59.7 Å². The second kappa shape index (κ2) is 8.80. The van der Waals surface area contributed by atoms with Gasteiger partial charge in [0.2, 0.25) is 0 Å². The standard InChI is InChI=1S/C25H26N6O/c1-18-6-8-21(9-7-18)22-15-24-27-23(28-26-17-20-5-3-4-19(2)14-20)16-25(31(24)29-22)30-10-12-32-13-11-30/h3-9,14-17H,10-13H2,1-2H3,(H,27,28)/b26-17+. The Balaban J connectivity index is 1.50. The van der Waals surface area contributed by atoms with Crippen LogP contribution in [0.4, 0.5) is 11.6 Å². The predicted molar refractivity (Wildman–Crippen MR) is 129 cm³/mol. The summed E-state index contributed by atoms with van der Waals surface area (Å²) in [4.78, 5) is 7.04. The number of morpholine rings is 1. The largest absolute Gasteiger partial charge is 0.378 e. The highest BCUT2D eigenvalue weighted by molar-refractivity contribution is 5.80. The van der Waals surface area contributed by atoms with E-state index in [4.69, 9.17) is 14.8 Å². The molecule has 0 unspecified atom stereocenters. The van der Waals surface area contributed by atoms with Gasteiger partial charge >= 0.3 is 0 Å². The van der Waals surface area contributed by atoms with E-state index >= 15 is 0 Å². The van der Waals surface area contributed by atoms with E-state index in [1.165, 1.54) is 11.1 Å². The van der Waals surface area contributed by atoms with Gasteiger partial charge in [-0.15, -0.1) is 0 Å². The van der Waals surface area contributed by atoms with Crippen LogP contribution < -0.4 is 10.3 Å². The van der Waals surface area contributed by atoms with Crippen molar-refractivity contribution in [1.82, 2.24) is 14.6 Å². The Morgan fingerprint density at radius 2 is 1.78 bits per heavy atom. The van der Waals surface area contributed by atoms with Gasteiger partial charge in [-0.3, -0.25) is 5.43 Å². The molecule has 1 aliphatic rings. The van der Waals surface area contributed by atoms with Crippen molar-refractivity contribution in [2.24, 2.45) is 5.10 Å². The summed E-state index contributed by atoms with van der Waals surface area (Å²) in [7, 11) is 0. The lowest BCUT2D eigenvalue weighted by Crippen LogP contribution is -2.37. The van der Waals surface area contributed by atoms with Crippen molar-refractivity contribution in [3.63, 3.8) is 0 Å². The third kappa shape index (κ3) is 4.33. The number of aryl methyl sites for hydroxylation is 2. The zero-order valence-electron chi connectivity index (χ0n) is 18.3. The molecule has 7 heteroatoms. The predicted octanol–water partition coefficient (Wildman–Crippen LogP) is 4.30. The topological polar surface area (TPSA) is 67.0 Å². The molecular formula is C25H26N6O. The molecular weight excluding hydrogens is 400 g/mol. The highest BCUT2D eigenvalue weighted by Crippen LogP contribution is 2.26. The van der Waals surface area contributed by atoms with Crippen LogP contribution >= 0.6 is 0 Å². The normalized spacial score (nSPS) is 14.4. The van der Waals surface area contributed by atoms with Crippen molar-refractivity contribution in [2.45, 2.75) is 13.8 Å². The zero-order valence-corrected chi connectivity index (χ0v) is 18.3. The number of hydrazone groups is 1. The van der Waals surface area contributed by atoms with Gasteiger partial charge in [0.25, 0.3) is 0 Å². The van der Waals surface area contributed by atoms with Crippen LogP contribution in [0, 0.1) is 13.8 Å². The number of hydrogen-bond donors (Lipinski definition) is 1. The molecule has 1 fully saturated rings. The number of nitrogens with zero attached hydrogens (tertiary/aromatic N) is 5. The van der Waals surface area contributed by atoms with Gasteiger partial charge in [0.15, 0.2) is 11.5 Å². The average molecular weight is 427 g/mol. The molecule has 1 aliphatic heterocycles. The quantitative estimate of drug-likeness (QED) is 0.381. The minimum atomic E-state index is 0.679. The summed E-state index contributed by atoms with van der Waals surface area (Å²) in [6.07, 6.45) is 1.81. The van der Waals surface area contributed by atoms with Gasteiger partial charge in [0.05, 0.1) is 25.1 Å². The van der Waals surface area contributed by atoms with E-state index in [-0.39, 0.29) is 0 Å². The van der Waals surface area contributed by atoms with Crippen LogP contribution in [0.1, 0.15) is 16.7 Å². The first-order chi connectivity index (χ1) is 15.7. The second-order valence-electron chi connectivity index (χ2n) is 8.05. The number of nitrogens with one attached hydrogen (secondary N) is 1. The lowest BCUT2D eigenvalue weighted by molar-refractivity contribution is 0.122. The first-order valence-corrected chi connectivity index (χ1v) is 10.8. The zero-order chi connectivity index (χ0) is 21.9. The molecule has 1 N–H and O–H groups in total.